The molecule has 1 saturated carbocycles. The number of rotatable bonds is 7. The second-order valence-electron chi connectivity index (χ2n) is 8.50. The fourth-order valence-electron chi connectivity index (χ4n) is 4.74. The Labute approximate surface area is 175 Å². The highest BCUT2D eigenvalue weighted by molar-refractivity contribution is 7.11. The average molecular weight is 416 g/mol. The van der Waals surface area contributed by atoms with Gasteiger partial charge in [-0.25, -0.2) is 4.98 Å². The summed E-state index contributed by atoms with van der Waals surface area (Å²) >= 11 is 1.71. The molecule has 7 nitrogen and oxygen atoms in total. The zero-order valence-electron chi connectivity index (χ0n) is 17.2. The van der Waals surface area contributed by atoms with Gasteiger partial charge in [0.05, 0.1) is 23.4 Å². The zero-order chi connectivity index (χ0) is 20.5. The molecule has 2 fully saturated rings. The van der Waals surface area contributed by atoms with Crippen LogP contribution in [0.15, 0.2) is 23.3 Å². The Bertz CT molecular complexity index is 816. The standard InChI is InChI=1S/C21H29N5O2S/c1-12(2)8-16-24-10-15(29-16)11-25-21(22-3)23-6-7-26-19(27)17-13-4-5-14(9-13)18(17)20(26)28/h4-5,10,12-14,17-18H,6-9,11H2,1-3H3,(H2,22,23,25). The topological polar surface area (TPSA) is 86.7 Å². The highest BCUT2D eigenvalue weighted by atomic mass is 32.1. The summed E-state index contributed by atoms with van der Waals surface area (Å²) in [7, 11) is 1.71. The Morgan fingerprint density at radius 1 is 1.24 bits per heavy atom. The van der Waals surface area contributed by atoms with Gasteiger partial charge in [-0.05, 0) is 24.2 Å². The SMILES string of the molecule is CN=C(NCCN1C(=O)C2C3C=CC(C3)C2C1=O)NCc1cnc(CC(C)C)s1. The lowest BCUT2D eigenvalue weighted by atomic mass is 9.85. The number of fused-ring (bicyclic) bond motifs is 5. The summed E-state index contributed by atoms with van der Waals surface area (Å²) in [6.07, 6.45) is 8.11. The van der Waals surface area contributed by atoms with Gasteiger partial charge in [0, 0.05) is 37.6 Å². The molecule has 2 N–H and O–H groups in total. The van der Waals surface area contributed by atoms with Crippen molar-refractivity contribution >= 4 is 29.1 Å². The van der Waals surface area contributed by atoms with E-state index in [4.69, 9.17) is 0 Å². The Morgan fingerprint density at radius 3 is 2.55 bits per heavy atom. The van der Waals surface area contributed by atoms with Crippen LogP contribution in [0, 0.1) is 29.6 Å². The molecule has 2 bridgehead atoms. The summed E-state index contributed by atoms with van der Waals surface area (Å²) in [5.41, 5.74) is 0. The van der Waals surface area contributed by atoms with E-state index >= 15 is 0 Å². The molecular weight excluding hydrogens is 386 g/mol. The van der Waals surface area contributed by atoms with Crippen molar-refractivity contribution in [3.05, 3.63) is 28.2 Å². The Kier molecular flexibility index (Phi) is 5.72. The highest BCUT2D eigenvalue weighted by Crippen LogP contribution is 2.52. The number of nitrogens with zero attached hydrogens (tertiary/aromatic N) is 3. The number of imide groups is 1. The summed E-state index contributed by atoms with van der Waals surface area (Å²) in [5.74, 6) is 1.53. The largest absolute Gasteiger partial charge is 0.355 e. The number of likely N-dealkylation sites (tertiary alicyclic amines) is 1. The first kappa shape index (κ1) is 20.1. The van der Waals surface area contributed by atoms with E-state index in [0.717, 1.165) is 22.7 Å². The molecule has 156 valence electrons. The Morgan fingerprint density at radius 2 is 1.93 bits per heavy atom. The number of hydrogen-bond acceptors (Lipinski definition) is 5. The average Bonchev–Trinajstić information content (AvgIpc) is 3.45. The van der Waals surface area contributed by atoms with Crippen LogP contribution in [-0.2, 0) is 22.6 Å². The normalized spacial score (nSPS) is 28.0. The van der Waals surface area contributed by atoms with Gasteiger partial charge in [0.25, 0.3) is 0 Å². The van der Waals surface area contributed by atoms with Gasteiger partial charge < -0.3 is 10.6 Å². The molecule has 2 aliphatic carbocycles. The minimum atomic E-state index is -0.124. The van der Waals surface area contributed by atoms with Crippen molar-refractivity contribution in [3.8, 4) is 0 Å². The van der Waals surface area contributed by atoms with Crippen LogP contribution < -0.4 is 10.6 Å². The Hall–Kier alpha value is -2.22. The van der Waals surface area contributed by atoms with Crippen LogP contribution in [0.1, 0.15) is 30.2 Å². The molecule has 4 rings (SSSR count). The highest BCUT2D eigenvalue weighted by Gasteiger charge is 2.58. The van der Waals surface area contributed by atoms with Crippen molar-refractivity contribution in [2.24, 2.45) is 34.6 Å². The predicted octanol–water partition coefficient (Wildman–Crippen LogP) is 1.81. The van der Waals surface area contributed by atoms with Crippen molar-refractivity contribution in [3.63, 3.8) is 0 Å². The molecule has 1 saturated heterocycles. The molecule has 4 unspecified atom stereocenters. The first-order valence-corrected chi connectivity index (χ1v) is 11.2. The molecule has 29 heavy (non-hydrogen) atoms. The summed E-state index contributed by atoms with van der Waals surface area (Å²) in [4.78, 5) is 36.7. The van der Waals surface area contributed by atoms with Crippen molar-refractivity contribution in [1.82, 2.24) is 20.5 Å². The van der Waals surface area contributed by atoms with E-state index in [9.17, 15) is 9.59 Å². The number of aromatic nitrogens is 1. The van der Waals surface area contributed by atoms with Crippen LogP contribution in [-0.4, -0.2) is 47.8 Å². The fourth-order valence-corrected chi connectivity index (χ4v) is 5.81. The van der Waals surface area contributed by atoms with Crippen LogP contribution in [0.4, 0.5) is 0 Å². The third-order valence-electron chi connectivity index (χ3n) is 6.03. The van der Waals surface area contributed by atoms with Gasteiger partial charge in [-0.15, -0.1) is 11.3 Å². The lowest BCUT2D eigenvalue weighted by Crippen LogP contribution is -2.43. The molecule has 0 aromatic carbocycles. The van der Waals surface area contributed by atoms with Gasteiger partial charge in [0.15, 0.2) is 5.96 Å². The number of hydrogen-bond donors (Lipinski definition) is 2. The van der Waals surface area contributed by atoms with E-state index in [-0.39, 0.29) is 35.5 Å². The molecule has 4 atom stereocenters. The van der Waals surface area contributed by atoms with Crippen LogP contribution in [0.2, 0.25) is 0 Å². The number of nitrogens with one attached hydrogen (secondary N) is 2. The summed E-state index contributed by atoms with van der Waals surface area (Å²) in [5, 5.41) is 7.64. The maximum Gasteiger partial charge on any atom is 0.233 e. The van der Waals surface area contributed by atoms with Gasteiger partial charge in [-0.2, -0.15) is 0 Å². The van der Waals surface area contributed by atoms with Crippen LogP contribution in [0.25, 0.3) is 0 Å². The number of allylic oxidation sites excluding steroid dienone is 2. The molecule has 8 heteroatoms. The number of aliphatic imine (C=N–C) groups is 1. The quantitative estimate of drug-likeness (QED) is 0.307. The van der Waals surface area contributed by atoms with Crippen LogP contribution in [0.3, 0.4) is 0 Å². The van der Waals surface area contributed by atoms with Gasteiger partial charge in [-0.1, -0.05) is 26.0 Å². The zero-order valence-corrected chi connectivity index (χ0v) is 18.0. The van der Waals surface area contributed by atoms with Gasteiger partial charge in [0.2, 0.25) is 11.8 Å². The van der Waals surface area contributed by atoms with Crippen LogP contribution >= 0.6 is 11.3 Å². The number of carbonyl (C=O) groups is 2. The molecule has 1 aromatic heterocycles. The van der Waals surface area contributed by atoms with E-state index in [1.807, 2.05) is 6.20 Å². The lowest BCUT2D eigenvalue weighted by molar-refractivity contribution is -0.140. The minimum absolute atomic E-state index is 0.00365. The smallest absolute Gasteiger partial charge is 0.233 e. The number of carbonyl (C=O) groups excluding carboxylic acids is 2. The van der Waals surface area contributed by atoms with E-state index in [0.29, 0.717) is 31.5 Å². The minimum Gasteiger partial charge on any atom is -0.355 e. The first-order chi connectivity index (χ1) is 14.0. The maximum atomic E-state index is 12.7. The van der Waals surface area contributed by atoms with Crippen molar-refractivity contribution in [2.45, 2.75) is 33.2 Å². The molecule has 3 aliphatic rings. The third kappa shape index (κ3) is 3.95. The lowest BCUT2D eigenvalue weighted by Gasteiger charge is -2.18. The van der Waals surface area contributed by atoms with E-state index in [2.05, 4.69) is 46.6 Å². The molecule has 2 amide bonds. The maximum absolute atomic E-state index is 12.7. The summed E-state index contributed by atoms with van der Waals surface area (Å²) < 4.78 is 0. The van der Waals surface area contributed by atoms with Crippen molar-refractivity contribution < 1.29 is 9.59 Å². The number of guanidine groups is 1. The van der Waals surface area contributed by atoms with Gasteiger partial charge in [0.1, 0.15) is 0 Å². The molecular formula is C21H29N5O2S. The fraction of sp³-hybridized carbons (Fsp3) is 0.619. The third-order valence-corrected chi connectivity index (χ3v) is 7.05. The second-order valence-corrected chi connectivity index (χ2v) is 9.70. The number of thiazole rings is 1. The molecule has 0 radical (unpaired) electrons. The molecule has 0 spiro atoms. The molecule has 1 aliphatic heterocycles. The van der Waals surface area contributed by atoms with Crippen LogP contribution in [0.5, 0.6) is 0 Å². The van der Waals surface area contributed by atoms with Gasteiger partial charge in [-0.3, -0.25) is 19.5 Å². The molecule has 1 aromatic rings. The van der Waals surface area contributed by atoms with E-state index in [1.54, 1.807) is 18.4 Å². The molecule has 2 heterocycles. The first-order valence-electron chi connectivity index (χ1n) is 10.4. The summed E-state index contributed by atoms with van der Waals surface area (Å²) in [6.45, 7) is 5.89. The monoisotopic (exact) mass is 415 g/mol. The Balaban J connectivity index is 1.24. The van der Waals surface area contributed by atoms with E-state index in [1.165, 1.54) is 4.90 Å². The number of amides is 2. The van der Waals surface area contributed by atoms with Crippen molar-refractivity contribution in [1.29, 1.82) is 0 Å². The van der Waals surface area contributed by atoms with Crippen molar-refractivity contribution in [2.75, 3.05) is 20.1 Å². The predicted molar refractivity (Wildman–Crippen MR) is 113 cm³/mol. The summed E-state index contributed by atoms with van der Waals surface area (Å²) in [6, 6.07) is 0. The van der Waals surface area contributed by atoms with E-state index < -0.39 is 0 Å². The van der Waals surface area contributed by atoms with Gasteiger partial charge >= 0.3 is 0 Å². The second kappa shape index (κ2) is 8.26.